The van der Waals surface area contributed by atoms with Crippen LogP contribution in [0.5, 0.6) is 0 Å². The molecule has 126 valence electrons. The average molecular weight is 380 g/mol. The zero-order valence-corrected chi connectivity index (χ0v) is 16.1. The first-order valence-electron chi connectivity index (χ1n) is 7.85. The van der Waals surface area contributed by atoms with Crippen LogP contribution in [0, 0.1) is 4.77 Å². The van der Waals surface area contributed by atoms with Crippen LogP contribution in [-0.2, 0) is 20.3 Å². The Kier molecular flexibility index (Phi) is 5.50. The van der Waals surface area contributed by atoms with Crippen LogP contribution in [0.4, 0.5) is 0 Å². The van der Waals surface area contributed by atoms with Gasteiger partial charge in [-0.2, -0.15) is 4.68 Å². The molecule has 0 aliphatic heterocycles. The summed E-state index contributed by atoms with van der Waals surface area (Å²) in [7, 11) is 1.97. The first-order chi connectivity index (χ1) is 11.6. The molecule has 3 rings (SSSR count). The van der Waals surface area contributed by atoms with Gasteiger partial charge >= 0.3 is 0 Å². The van der Waals surface area contributed by atoms with Crippen LogP contribution in [-0.4, -0.2) is 20.9 Å². The van der Waals surface area contributed by atoms with Gasteiger partial charge < -0.3 is 9.47 Å². The Morgan fingerprint density at radius 2 is 1.96 bits per heavy atom. The fourth-order valence-electron chi connectivity index (χ4n) is 2.63. The van der Waals surface area contributed by atoms with Gasteiger partial charge in [0, 0.05) is 12.6 Å². The number of hydrogen-bond acceptors (Lipinski definition) is 3. The maximum absolute atomic E-state index is 6.04. The molecule has 0 saturated heterocycles. The van der Waals surface area contributed by atoms with E-state index in [1.54, 1.807) is 11.3 Å². The number of benzene rings is 1. The molecule has 1 atom stereocenters. The second-order valence-corrected chi connectivity index (χ2v) is 7.84. The zero-order chi connectivity index (χ0) is 17.1. The van der Waals surface area contributed by atoms with E-state index in [0.29, 0.717) is 0 Å². The number of rotatable bonds is 6. The van der Waals surface area contributed by atoms with E-state index in [4.69, 9.17) is 28.9 Å². The van der Waals surface area contributed by atoms with Gasteiger partial charge in [0.1, 0.15) is 6.54 Å². The van der Waals surface area contributed by atoms with E-state index in [1.807, 2.05) is 40.6 Å². The van der Waals surface area contributed by atoms with Gasteiger partial charge in [0.2, 0.25) is 4.77 Å². The van der Waals surface area contributed by atoms with E-state index < -0.39 is 0 Å². The van der Waals surface area contributed by atoms with E-state index in [0.717, 1.165) is 40.3 Å². The number of quaternary nitrogens is 1. The minimum atomic E-state index is 0.740. The highest BCUT2D eigenvalue weighted by molar-refractivity contribution is 7.71. The van der Waals surface area contributed by atoms with Crippen molar-refractivity contribution in [1.29, 1.82) is 0 Å². The predicted octanol–water partition coefficient (Wildman–Crippen LogP) is 3.40. The van der Waals surface area contributed by atoms with E-state index in [-0.39, 0.29) is 0 Å². The van der Waals surface area contributed by atoms with Gasteiger partial charge in [-0.3, -0.25) is 0 Å². The molecule has 4 nitrogen and oxygen atoms in total. The summed E-state index contributed by atoms with van der Waals surface area (Å²) in [4.78, 5) is 2.67. The second-order valence-electron chi connectivity index (χ2n) is 5.68. The number of thiophene rings is 1. The molecule has 7 heteroatoms. The fourth-order valence-corrected chi connectivity index (χ4v) is 3.98. The van der Waals surface area contributed by atoms with Gasteiger partial charge in [-0.15, -0.1) is 16.4 Å². The molecule has 0 fully saturated rings. The predicted molar refractivity (Wildman–Crippen MR) is 102 cm³/mol. The third-order valence-corrected chi connectivity index (χ3v) is 5.72. The number of nitrogens with zero attached hydrogens (tertiary/aromatic N) is 3. The van der Waals surface area contributed by atoms with Gasteiger partial charge in [-0.1, -0.05) is 41.9 Å². The van der Waals surface area contributed by atoms with Gasteiger partial charge in [-0.05, 0) is 31.3 Å². The second kappa shape index (κ2) is 7.61. The van der Waals surface area contributed by atoms with Crippen LogP contribution in [0.2, 0.25) is 4.34 Å². The monoisotopic (exact) mass is 379 g/mol. The molecule has 0 amide bonds. The molecule has 0 radical (unpaired) electrons. The van der Waals surface area contributed by atoms with Crippen molar-refractivity contribution < 1.29 is 4.90 Å². The van der Waals surface area contributed by atoms with E-state index in [1.165, 1.54) is 9.78 Å². The molecule has 0 aliphatic carbocycles. The van der Waals surface area contributed by atoms with E-state index in [9.17, 15) is 0 Å². The molecular formula is C17H20ClN4S2+. The molecule has 24 heavy (non-hydrogen) atoms. The lowest BCUT2D eigenvalue weighted by Crippen LogP contribution is -3.09. The summed E-state index contributed by atoms with van der Waals surface area (Å²) in [5.74, 6) is 0.898. The van der Waals surface area contributed by atoms with Crippen molar-refractivity contribution in [2.75, 3.05) is 6.54 Å². The minimum Gasteiger partial charge on any atom is -0.312 e. The van der Waals surface area contributed by atoms with Crippen LogP contribution >= 0.6 is 35.2 Å². The van der Waals surface area contributed by atoms with Crippen molar-refractivity contribution in [3.63, 3.8) is 0 Å². The van der Waals surface area contributed by atoms with Crippen molar-refractivity contribution >= 4 is 35.2 Å². The zero-order valence-electron chi connectivity index (χ0n) is 13.7. The Bertz CT molecular complexity index is 866. The molecule has 0 aliphatic rings. The van der Waals surface area contributed by atoms with Crippen molar-refractivity contribution in [3.8, 4) is 11.4 Å². The topological polar surface area (TPSA) is 27.2 Å². The lowest BCUT2D eigenvalue weighted by molar-refractivity contribution is -0.935. The Morgan fingerprint density at radius 3 is 2.58 bits per heavy atom. The largest absolute Gasteiger partial charge is 0.312 e. The highest BCUT2D eigenvalue weighted by Gasteiger charge is 2.15. The summed E-state index contributed by atoms with van der Waals surface area (Å²) in [6.45, 7) is 4.84. The van der Waals surface area contributed by atoms with Crippen molar-refractivity contribution in [3.05, 3.63) is 56.4 Å². The van der Waals surface area contributed by atoms with Crippen LogP contribution < -0.4 is 4.90 Å². The smallest absolute Gasteiger partial charge is 0.202 e. The highest BCUT2D eigenvalue weighted by Crippen LogP contribution is 2.20. The first-order valence-corrected chi connectivity index (χ1v) is 9.45. The summed E-state index contributed by atoms with van der Waals surface area (Å²) in [5.41, 5.74) is 1.08. The fraction of sp³-hybridized carbons (Fsp3) is 0.294. The third-order valence-electron chi connectivity index (χ3n) is 4.00. The van der Waals surface area contributed by atoms with Crippen LogP contribution in [0.25, 0.3) is 11.4 Å². The summed E-state index contributed by atoms with van der Waals surface area (Å²) in [5, 5.41) is 4.75. The summed E-state index contributed by atoms with van der Waals surface area (Å²) < 4.78 is 5.47. The molecule has 1 N–H and O–H groups in total. The van der Waals surface area contributed by atoms with Crippen molar-refractivity contribution in [2.45, 2.75) is 20.1 Å². The van der Waals surface area contributed by atoms with Gasteiger partial charge in [0.15, 0.2) is 12.5 Å². The summed E-state index contributed by atoms with van der Waals surface area (Å²) in [6, 6.07) is 14.2. The number of aromatic nitrogens is 3. The lowest BCUT2D eigenvalue weighted by Gasteiger charge is -2.16. The summed E-state index contributed by atoms with van der Waals surface area (Å²) >= 11 is 13.3. The number of hydrogen-bond donors (Lipinski definition) is 1. The SMILES string of the molecule is CC[NH+](Cc1ccc(Cl)s1)Cn1nc(-c2ccccc2)n(C)c1=S. The number of nitrogens with one attached hydrogen (secondary N) is 1. The Hall–Kier alpha value is -1.47. The van der Waals surface area contributed by atoms with Crippen molar-refractivity contribution in [1.82, 2.24) is 14.3 Å². The van der Waals surface area contributed by atoms with Gasteiger partial charge in [-0.25, -0.2) is 0 Å². The van der Waals surface area contributed by atoms with Crippen LogP contribution in [0.1, 0.15) is 11.8 Å². The van der Waals surface area contributed by atoms with E-state index in [2.05, 4.69) is 25.1 Å². The molecule has 0 spiro atoms. The Balaban J connectivity index is 1.83. The molecule has 2 aromatic heterocycles. The average Bonchev–Trinajstić information content (AvgIpc) is 3.13. The quantitative estimate of drug-likeness (QED) is 0.664. The lowest BCUT2D eigenvalue weighted by atomic mass is 10.2. The molecule has 1 unspecified atom stereocenters. The standard InChI is InChI=1S/C17H19ClN4S2/c1-3-21(11-14-9-10-15(18)24-14)12-22-17(23)20(2)16(19-22)13-7-5-4-6-8-13/h4-10H,3,11-12H2,1-2H3/p+1. The number of halogens is 1. The molecule has 0 saturated carbocycles. The van der Waals surface area contributed by atoms with Gasteiger partial charge in [0.05, 0.1) is 15.8 Å². The van der Waals surface area contributed by atoms with Crippen LogP contribution in [0.15, 0.2) is 42.5 Å². The Labute approximate surface area is 155 Å². The van der Waals surface area contributed by atoms with Gasteiger partial charge in [0.25, 0.3) is 0 Å². The molecule has 2 heterocycles. The maximum Gasteiger partial charge on any atom is 0.202 e. The third kappa shape index (κ3) is 3.78. The highest BCUT2D eigenvalue weighted by atomic mass is 35.5. The minimum absolute atomic E-state index is 0.740. The van der Waals surface area contributed by atoms with E-state index >= 15 is 0 Å². The summed E-state index contributed by atoms with van der Waals surface area (Å²) in [6.07, 6.45) is 0. The molecule has 3 aromatic rings. The maximum atomic E-state index is 6.04. The molecular weight excluding hydrogens is 360 g/mol. The Morgan fingerprint density at radius 1 is 1.21 bits per heavy atom. The normalized spacial score (nSPS) is 12.5. The first kappa shape index (κ1) is 17.4. The molecule has 0 bridgehead atoms. The van der Waals surface area contributed by atoms with Crippen molar-refractivity contribution in [2.24, 2.45) is 7.05 Å². The van der Waals surface area contributed by atoms with Crippen LogP contribution in [0.3, 0.4) is 0 Å². The molecule has 1 aromatic carbocycles.